The molecule has 0 spiro atoms. The van der Waals surface area contributed by atoms with E-state index in [1.54, 1.807) is 66.4 Å². The van der Waals surface area contributed by atoms with Crippen molar-refractivity contribution in [3.05, 3.63) is 136 Å². The molecule has 0 amide bonds. The first-order valence-electron chi connectivity index (χ1n) is 21.2. The minimum Gasteiger partial charge on any atom is -0.390 e. The quantitative estimate of drug-likeness (QED) is 0.130. The van der Waals surface area contributed by atoms with Crippen molar-refractivity contribution >= 4 is 157 Å². The number of anilines is 3. The number of nitrogens with two attached hydrogens (primary N) is 1. The number of hydrogen-bond acceptors (Lipinski definition) is 10. The summed E-state index contributed by atoms with van der Waals surface area (Å²) in [6.07, 6.45) is -5.36. The average molecular weight is 1110 g/mol. The second-order valence-electron chi connectivity index (χ2n) is 16.1. The summed E-state index contributed by atoms with van der Waals surface area (Å²) in [7, 11) is -4.72. The van der Waals surface area contributed by atoms with Crippen LogP contribution in [0.5, 0.6) is 0 Å². The Morgan fingerprint density at radius 3 is 1.64 bits per heavy atom. The lowest BCUT2D eigenvalue weighted by molar-refractivity contribution is -0.135. The van der Waals surface area contributed by atoms with Crippen molar-refractivity contribution in [3.8, 4) is 0 Å². The molecule has 368 valence electrons. The molecule has 0 unspecified atom stereocenters. The Hall–Kier alpha value is -5.12. The molecular formula is C48H45Cl3F3N7O4S5. The lowest BCUT2D eigenvalue weighted by Crippen LogP contribution is -2.33. The van der Waals surface area contributed by atoms with E-state index in [4.69, 9.17) is 28.9 Å². The Labute approximate surface area is 430 Å². The Morgan fingerprint density at radius 1 is 0.657 bits per heavy atom. The van der Waals surface area contributed by atoms with Gasteiger partial charge in [0.05, 0.1) is 27.1 Å². The fourth-order valence-electron chi connectivity index (χ4n) is 7.81. The summed E-state index contributed by atoms with van der Waals surface area (Å²) in [5.41, 5.74) is 10.9. The van der Waals surface area contributed by atoms with E-state index in [9.17, 15) is 30.0 Å². The maximum absolute atomic E-state index is 13.8. The number of fused-ring (bicyclic) bond motifs is 5. The fraction of sp³-hybridized carbons (Fsp3) is 0.208. The molecule has 5 aromatic carbocycles. The molecule has 0 aliphatic carbocycles. The van der Waals surface area contributed by atoms with Crippen LogP contribution in [0, 0.1) is 20.8 Å². The summed E-state index contributed by atoms with van der Waals surface area (Å²) >= 11 is 16.4. The summed E-state index contributed by atoms with van der Waals surface area (Å²) in [5, 5.41) is 5.97. The molecule has 5 heterocycles. The summed E-state index contributed by atoms with van der Waals surface area (Å²) in [6, 6.07) is 33.7. The zero-order valence-electron chi connectivity index (χ0n) is 38.0. The number of halogens is 6. The number of unbranched alkanes of at least 4 members (excludes halogenated alkanes) is 1. The first-order valence-corrected chi connectivity index (χ1v) is 27.3. The number of aromatic nitrogens is 4. The van der Waals surface area contributed by atoms with E-state index in [0.29, 0.717) is 42.1 Å². The standard InChI is InChI=1S/C22H21ClF3N3O2S2.C17H14ClN3O2S2.C9H9NS.ClH/c1-14-16-7-3-4-8-19(16)32-20(14)29(12-6-5-11-22(24,25)26)33(30,31)21-27-17-13-15(23)9-10-18(17)28(21)2;1-10-12-5-3-4-6-15(12)24-16(10)20-25(22,23)17-19-13-9-11(18)7-8-14(13)21(17)2;1-6-7-4-2-3-5-8(7)11-9(6)10;/h3-4,7-10,13H,5-6,11-12H2,1-2H3;3-9,20H,1-2H3;2-5H,10H2,1H3;1H. The van der Waals surface area contributed by atoms with Crippen LogP contribution in [0.3, 0.4) is 0 Å². The molecule has 70 heavy (non-hydrogen) atoms. The maximum Gasteiger partial charge on any atom is 0.389 e. The second kappa shape index (κ2) is 20.9. The van der Waals surface area contributed by atoms with Crippen molar-refractivity contribution < 1.29 is 30.0 Å². The van der Waals surface area contributed by atoms with Crippen molar-refractivity contribution in [1.82, 2.24) is 19.1 Å². The van der Waals surface area contributed by atoms with E-state index < -0.39 is 32.6 Å². The number of benzene rings is 5. The van der Waals surface area contributed by atoms with Crippen LogP contribution in [-0.4, -0.2) is 48.7 Å². The van der Waals surface area contributed by atoms with E-state index in [-0.39, 0.29) is 42.1 Å². The Balaban J connectivity index is 0.000000171. The van der Waals surface area contributed by atoms with Crippen LogP contribution in [0.25, 0.3) is 52.3 Å². The van der Waals surface area contributed by atoms with Crippen LogP contribution in [-0.2, 0) is 34.1 Å². The summed E-state index contributed by atoms with van der Waals surface area (Å²) in [5.74, 6) is 0. The van der Waals surface area contributed by atoms with E-state index in [1.165, 1.54) is 47.2 Å². The number of nitrogens with zero attached hydrogens (tertiary/aromatic N) is 5. The van der Waals surface area contributed by atoms with Gasteiger partial charge in [0.2, 0.25) is 10.3 Å². The van der Waals surface area contributed by atoms with Crippen molar-refractivity contribution in [3.63, 3.8) is 0 Å². The molecule has 0 fully saturated rings. The van der Waals surface area contributed by atoms with Crippen LogP contribution in [0.15, 0.2) is 120 Å². The number of nitrogens with one attached hydrogen (secondary N) is 1. The average Bonchev–Trinajstić information content (AvgIpc) is 4.08. The van der Waals surface area contributed by atoms with E-state index in [1.807, 2.05) is 74.5 Å². The third kappa shape index (κ3) is 10.9. The number of rotatable bonds is 10. The number of aryl methyl sites for hydroxylation is 5. The number of nitrogen functional groups attached to an aromatic ring is 1. The van der Waals surface area contributed by atoms with Crippen LogP contribution in [0.4, 0.5) is 28.2 Å². The number of thiophene rings is 3. The summed E-state index contributed by atoms with van der Waals surface area (Å²) < 4.78 is 101. The number of hydrogen-bond donors (Lipinski definition) is 2. The van der Waals surface area contributed by atoms with Gasteiger partial charge in [0, 0.05) is 51.2 Å². The highest BCUT2D eigenvalue weighted by Crippen LogP contribution is 2.41. The number of alkyl halides is 3. The Bertz CT molecular complexity index is 3770. The first-order chi connectivity index (χ1) is 32.6. The van der Waals surface area contributed by atoms with Gasteiger partial charge in [0.1, 0.15) is 10.0 Å². The zero-order chi connectivity index (χ0) is 49.6. The second-order valence-corrected chi connectivity index (χ2v) is 23.5. The molecular weight excluding hydrogens is 1060 g/mol. The molecule has 10 rings (SSSR count). The molecule has 3 N–H and O–H groups in total. The van der Waals surface area contributed by atoms with Gasteiger partial charge in [-0.1, -0.05) is 77.8 Å². The van der Waals surface area contributed by atoms with Gasteiger partial charge in [0.15, 0.2) is 0 Å². The highest BCUT2D eigenvalue weighted by Gasteiger charge is 2.33. The van der Waals surface area contributed by atoms with Gasteiger partial charge in [-0.25, -0.2) is 9.97 Å². The van der Waals surface area contributed by atoms with Gasteiger partial charge >= 0.3 is 6.18 Å². The van der Waals surface area contributed by atoms with Gasteiger partial charge in [-0.05, 0) is 121 Å². The predicted molar refractivity (Wildman–Crippen MR) is 288 cm³/mol. The molecule has 0 atom stereocenters. The highest BCUT2D eigenvalue weighted by molar-refractivity contribution is 7.93. The van der Waals surface area contributed by atoms with Crippen molar-refractivity contribution in [2.24, 2.45) is 14.1 Å². The van der Waals surface area contributed by atoms with Gasteiger partial charge in [0.25, 0.3) is 20.0 Å². The molecule has 22 heteroatoms. The minimum absolute atomic E-state index is 0. The SMILES string of the molecule is Cc1c(N(CCCCC(F)(F)F)S(=O)(=O)c2nc3cc(Cl)ccc3n2C)sc2ccccc12.Cc1c(N)sc2ccccc12.Cc1c(NS(=O)(=O)c2nc3cc(Cl)ccc3n2C)sc2ccccc12.Cl. The third-order valence-electron chi connectivity index (χ3n) is 11.4. The maximum atomic E-state index is 13.8. The smallest absolute Gasteiger partial charge is 0.389 e. The topological polar surface area (TPSA) is 145 Å². The van der Waals surface area contributed by atoms with Crippen LogP contribution in [0.2, 0.25) is 10.0 Å². The molecule has 0 aliphatic heterocycles. The van der Waals surface area contributed by atoms with E-state index in [0.717, 1.165) is 36.3 Å². The lowest BCUT2D eigenvalue weighted by atomic mass is 10.2. The molecule has 0 saturated carbocycles. The van der Waals surface area contributed by atoms with Gasteiger partial charge in [-0.3, -0.25) is 9.03 Å². The normalized spacial score (nSPS) is 12.0. The van der Waals surface area contributed by atoms with Crippen LogP contribution >= 0.6 is 69.6 Å². The molecule has 0 bridgehead atoms. The summed E-state index contributed by atoms with van der Waals surface area (Å²) in [4.78, 5) is 8.57. The molecule has 11 nitrogen and oxygen atoms in total. The van der Waals surface area contributed by atoms with Gasteiger partial charge in [-0.2, -0.15) is 30.0 Å². The van der Waals surface area contributed by atoms with E-state index >= 15 is 0 Å². The minimum atomic E-state index is -4.28. The van der Waals surface area contributed by atoms with Crippen molar-refractivity contribution in [1.29, 1.82) is 0 Å². The molecule has 0 aliphatic rings. The fourth-order valence-corrected chi connectivity index (χ4v) is 14.9. The molecule has 10 aromatic rings. The Kier molecular flexibility index (Phi) is 15.7. The molecule has 0 saturated heterocycles. The first kappa shape index (κ1) is 52.7. The largest absolute Gasteiger partial charge is 0.390 e. The molecule has 5 aromatic heterocycles. The van der Waals surface area contributed by atoms with Crippen molar-refractivity contribution in [2.75, 3.05) is 21.3 Å². The number of imidazole rings is 2. The monoisotopic (exact) mass is 1110 g/mol. The van der Waals surface area contributed by atoms with Gasteiger partial charge < -0.3 is 14.9 Å². The van der Waals surface area contributed by atoms with Gasteiger partial charge in [-0.15, -0.1) is 46.4 Å². The molecule has 0 radical (unpaired) electrons. The third-order valence-corrected chi connectivity index (χ3v) is 18.8. The van der Waals surface area contributed by atoms with Crippen molar-refractivity contribution in [2.45, 2.75) is 56.5 Å². The van der Waals surface area contributed by atoms with E-state index in [2.05, 4.69) is 33.7 Å². The van der Waals surface area contributed by atoms with Crippen LogP contribution < -0.4 is 14.8 Å². The Morgan fingerprint density at radius 2 is 1.13 bits per heavy atom. The predicted octanol–water partition coefficient (Wildman–Crippen LogP) is 14.4. The number of sulfonamides is 2. The lowest BCUT2D eigenvalue weighted by Gasteiger charge is -2.23. The zero-order valence-corrected chi connectivity index (χ0v) is 44.4. The highest BCUT2D eigenvalue weighted by atomic mass is 35.5. The summed E-state index contributed by atoms with van der Waals surface area (Å²) in [6.45, 7) is 5.71. The van der Waals surface area contributed by atoms with Crippen LogP contribution in [0.1, 0.15) is 36.0 Å².